The van der Waals surface area contributed by atoms with Crippen molar-refractivity contribution >= 4 is 39.0 Å². The molecule has 1 fully saturated rings. The van der Waals surface area contributed by atoms with E-state index in [1.54, 1.807) is 12.1 Å². The Bertz CT molecular complexity index is 1250. The molecule has 0 aliphatic carbocycles. The lowest BCUT2D eigenvalue weighted by molar-refractivity contribution is -0.230. The molecule has 1 aliphatic rings. The summed E-state index contributed by atoms with van der Waals surface area (Å²) in [7, 11) is -8.92. The topological polar surface area (TPSA) is 83.5 Å². The fourth-order valence-electron chi connectivity index (χ4n) is 5.06. The number of carbonyl (C=O) groups excluding carboxylic acids is 1. The van der Waals surface area contributed by atoms with Gasteiger partial charge in [0.2, 0.25) is 0 Å². The molecule has 0 bridgehead atoms. The van der Waals surface area contributed by atoms with Crippen LogP contribution in [-0.2, 0) is 22.8 Å². The lowest BCUT2D eigenvalue weighted by atomic mass is 9.90. The van der Waals surface area contributed by atoms with E-state index >= 15 is 0 Å². The van der Waals surface area contributed by atoms with Gasteiger partial charge < -0.3 is 27.9 Å². The second-order valence-electron chi connectivity index (χ2n) is 20.0. The first-order valence-corrected chi connectivity index (χ1v) is 31.0. The molecule has 11 heteroatoms. The number of carbonyl (C=O) groups is 1. The maximum atomic E-state index is 13.9. The van der Waals surface area contributed by atoms with Crippen LogP contribution in [0.15, 0.2) is 42.1 Å². The van der Waals surface area contributed by atoms with Gasteiger partial charge in [0, 0.05) is 6.61 Å². The summed E-state index contributed by atoms with van der Waals surface area (Å²) in [6.45, 7) is 40.8. The smallest absolute Gasteiger partial charge is 0.338 e. The molecule has 7 nitrogen and oxygen atoms in total. The maximum absolute atomic E-state index is 13.9. The Hall–Kier alpha value is -0.902. The van der Waals surface area contributed by atoms with Gasteiger partial charge in [0.05, 0.1) is 25.8 Å². The molecule has 4 unspecified atom stereocenters. The van der Waals surface area contributed by atoms with Gasteiger partial charge in [0.1, 0.15) is 18.3 Å². The molecule has 50 heavy (non-hydrogen) atoms. The molecule has 2 rings (SSSR count). The van der Waals surface area contributed by atoms with Crippen molar-refractivity contribution in [3.8, 4) is 0 Å². The Morgan fingerprint density at radius 3 is 1.68 bits per heavy atom. The Morgan fingerprint density at radius 2 is 1.24 bits per heavy atom. The number of aliphatic hydroxyl groups is 1. The number of rotatable bonds is 14. The first-order valence-electron chi connectivity index (χ1n) is 18.7. The lowest BCUT2D eigenvalue weighted by Gasteiger charge is -2.54. The van der Waals surface area contributed by atoms with Crippen LogP contribution < -0.4 is 0 Å². The van der Waals surface area contributed by atoms with Crippen molar-refractivity contribution in [3.05, 3.63) is 47.7 Å². The van der Waals surface area contributed by atoms with Crippen molar-refractivity contribution < 1.29 is 32.7 Å². The average Bonchev–Trinajstić information content (AvgIpc) is 2.94. The molecule has 0 aromatic heterocycles. The Labute approximate surface area is 310 Å². The Balaban J connectivity index is 2.98. The molecule has 1 saturated heterocycles. The highest BCUT2D eigenvalue weighted by atomic mass is 28.4. The number of esters is 1. The van der Waals surface area contributed by atoms with E-state index in [1.165, 1.54) is 0 Å². The molecule has 0 amide bonds. The highest BCUT2D eigenvalue weighted by molar-refractivity contribution is 6.81. The third-order valence-corrected chi connectivity index (χ3v) is 26.0. The lowest BCUT2D eigenvalue weighted by Crippen LogP contribution is -2.68. The molecule has 0 saturated carbocycles. The summed E-state index contributed by atoms with van der Waals surface area (Å²) in [4.78, 5) is 13.9. The molecule has 1 aromatic rings. The SMILES string of the molecule is CC(C)(C)[Si](C)(C)OC1C(O[Si](C)(C)C(C)(C)C)[C@H](C(/C=C/[Si](C)(C)C)O[Si](C)(C)C(C)(C)C)O[C@@H](CCCO)C1OC(=O)c1ccccc1. The van der Waals surface area contributed by atoms with Crippen molar-refractivity contribution in [1.82, 2.24) is 0 Å². The van der Waals surface area contributed by atoms with E-state index < -0.39 is 75.6 Å². The molecule has 1 aliphatic heterocycles. The van der Waals surface area contributed by atoms with Crippen LogP contribution in [0.25, 0.3) is 0 Å². The van der Waals surface area contributed by atoms with E-state index in [-0.39, 0.29) is 21.7 Å². The minimum atomic E-state index is -2.48. The molecule has 1 aromatic carbocycles. The molecule has 0 radical (unpaired) electrons. The summed E-state index contributed by atoms with van der Waals surface area (Å²) >= 11 is 0. The van der Waals surface area contributed by atoms with Gasteiger partial charge >= 0.3 is 5.97 Å². The predicted octanol–water partition coefficient (Wildman–Crippen LogP) is 10.4. The van der Waals surface area contributed by atoms with Gasteiger partial charge in [-0.3, -0.25) is 0 Å². The second-order valence-corrected chi connectivity index (χ2v) is 39.3. The molecule has 1 heterocycles. The third kappa shape index (κ3) is 12.1. The van der Waals surface area contributed by atoms with Crippen LogP contribution in [0.1, 0.15) is 85.5 Å². The molecular weight excluding hydrogens is 693 g/mol. The van der Waals surface area contributed by atoms with Gasteiger partial charge in [-0.2, -0.15) is 0 Å². The van der Waals surface area contributed by atoms with Crippen molar-refractivity contribution in [1.29, 1.82) is 0 Å². The fraction of sp³-hybridized carbons (Fsp3) is 0.769. The van der Waals surface area contributed by atoms with E-state index in [0.29, 0.717) is 18.4 Å². The fourth-order valence-corrected chi connectivity index (χ4v) is 9.68. The standard InChI is InChI=1S/C39H74O7Si4/c1-37(2,3)48(13,14)44-31(26-28-47(10,11)12)33-35(46-50(17,18)39(7,8)9)34(45-49(15,16)38(4,5)6)32(30(42-33)25-22-27-40)43-36(41)29-23-20-19-21-24-29/h19-21,23-24,26,28,30-35,40H,22,25,27H2,1-18H3/b28-26+/t30-,31?,32?,33-,34?,35?/m0/s1. The van der Waals surface area contributed by atoms with E-state index in [0.717, 1.165) is 0 Å². The van der Waals surface area contributed by atoms with Crippen molar-refractivity contribution in [2.75, 3.05) is 6.61 Å². The summed E-state index contributed by atoms with van der Waals surface area (Å²) in [5.41, 5.74) is 2.83. The van der Waals surface area contributed by atoms with E-state index in [2.05, 4.69) is 133 Å². The van der Waals surface area contributed by atoms with Gasteiger partial charge in [0.15, 0.2) is 31.1 Å². The quantitative estimate of drug-likeness (QED) is 0.149. The number of aliphatic hydroxyl groups excluding tert-OH is 1. The number of benzene rings is 1. The molecular formula is C39H74O7Si4. The summed E-state index contributed by atoms with van der Waals surface area (Å²) in [6.07, 6.45) is -0.215. The van der Waals surface area contributed by atoms with Crippen molar-refractivity contribution in [2.24, 2.45) is 0 Å². The number of ether oxygens (including phenoxy) is 2. The number of hydrogen-bond donors (Lipinski definition) is 1. The molecule has 0 spiro atoms. The van der Waals surface area contributed by atoms with Gasteiger partial charge in [-0.1, -0.05) is 112 Å². The summed E-state index contributed by atoms with van der Waals surface area (Å²) in [5, 5.41) is 9.79. The van der Waals surface area contributed by atoms with Gasteiger partial charge in [-0.25, -0.2) is 4.79 Å². The first-order chi connectivity index (χ1) is 22.4. The summed E-state index contributed by atoms with van der Waals surface area (Å²) in [6, 6.07) is 9.12. The Morgan fingerprint density at radius 1 is 0.760 bits per heavy atom. The normalized spacial score (nSPS) is 24.0. The van der Waals surface area contributed by atoms with Crippen LogP contribution in [0.4, 0.5) is 0 Å². The monoisotopic (exact) mass is 766 g/mol. The van der Waals surface area contributed by atoms with E-state index in [4.69, 9.17) is 22.8 Å². The van der Waals surface area contributed by atoms with Gasteiger partial charge in [-0.05, 0) is 79.4 Å². The molecule has 288 valence electrons. The molecule has 6 atom stereocenters. The van der Waals surface area contributed by atoms with Crippen LogP contribution in [0.2, 0.25) is 74.0 Å². The third-order valence-electron chi connectivity index (χ3n) is 11.4. The van der Waals surface area contributed by atoms with E-state index in [9.17, 15) is 9.90 Å². The molecule has 1 N–H and O–H groups in total. The summed E-state index contributed by atoms with van der Waals surface area (Å²) in [5.74, 6) is -0.422. The van der Waals surface area contributed by atoms with Crippen LogP contribution in [0.3, 0.4) is 0 Å². The zero-order valence-electron chi connectivity index (χ0n) is 35.0. The first kappa shape index (κ1) is 45.3. The van der Waals surface area contributed by atoms with Crippen LogP contribution >= 0.6 is 0 Å². The largest absolute Gasteiger partial charge is 0.453 e. The van der Waals surface area contributed by atoms with Gasteiger partial charge in [0.25, 0.3) is 0 Å². The zero-order chi connectivity index (χ0) is 38.7. The van der Waals surface area contributed by atoms with Crippen molar-refractivity contribution in [2.45, 2.75) is 186 Å². The van der Waals surface area contributed by atoms with Crippen molar-refractivity contribution in [3.63, 3.8) is 0 Å². The van der Waals surface area contributed by atoms with Gasteiger partial charge in [-0.15, -0.1) is 0 Å². The predicted molar refractivity (Wildman–Crippen MR) is 219 cm³/mol. The van der Waals surface area contributed by atoms with E-state index in [1.807, 2.05) is 18.2 Å². The minimum Gasteiger partial charge on any atom is -0.453 e. The van der Waals surface area contributed by atoms with Crippen LogP contribution in [0, 0.1) is 0 Å². The average molecular weight is 767 g/mol. The minimum absolute atomic E-state index is 0.000950. The number of hydrogen-bond acceptors (Lipinski definition) is 7. The van der Waals surface area contributed by atoms with Crippen LogP contribution in [-0.4, -0.2) is 87.3 Å². The highest BCUT2D eigenvalue weighted by Gasteiger charge is 2.57. The zero-order valence-corrected chi connectivity index (χ0v) is 39.0. The van der Waals surface area contributed by atoms with Crippen LogP contribution in [0.5, 0.6) is 0 Å². The summed E-state index contributed by atoms with van der Waals surface area (Å²) < 4.78 is 36.0. The highest BCUT2D eigenvalue weighted by Crippen LogP contribution is 2.46. The Kier molecular flexibility index (Phi) is 15.1. The second kappa shape index (κ2) is 16.6. The maximum Gasteiger partial charge on any atom is 0.338 e.